The molecule has 3 rings (SSSR count). The van der Waals surface area contributed by atoms with E-state index in [1.165, 1.54) is 11.0 Å². The Bertz CT molecular complexity index is 1050. The van der Waals surface area contributed by atoms with Gasteiger partial charge in [0.25, 0.3) is 11.7 Å². The number of ether oxygens (including phenoxy) is 1. The van der Waals surface area contributed by atoms with Crippen LogP contribution in [0, 0.1) is 5.82 Å². The second kappa shape index (κ2) is 11.8. The van der Waals surface area contributed by atoms with Crippen LogP contribution in [-0.2, 0) is 9.59 Å². The third-order valence-electron chi connectivity index (χ3n) is 6.17. The molecule has 0 spiro atoms. The van der Waals surface area contributed by atoms with Crippen LogP contribution in [-0.4, -0.2) is 59.4 Å². The van der Waals surface area contributed by atoms with Crippen molar-refractivity contribution in [2.45, 2.75) is 39.7 Å². The number of rotatable bonds is 11. The molecule has 1 unspecified atom stereocenters. The van der Waals surface area contributed by atoms with Crippen molar-refractivity contribution >= 4 is 17.4 Å². The van der Waals surface area contributed by atoms with Gasteiger partial charge in [-0.05, 0) is 37.7 Å². The van der Waals surface area contributed by atoms with Crippen LogP contribution in [0.15, 0.2) is 54.1 Å². The first-order valence-corrected chi connectivity index (χ1v) is 11.9. The molecule has 1 saturated heterocycles. The topological polar surface area (TPSA) is 70.1 Å². The average molecular weight is 469 g/mol. The van der Waals surface area contributed by atoms with E-state index in [0.29, 0.717) is 24.5 Å². The molecule has 0 bridgehead atoms. The van der Waals surface area contributed by atoms with Crippen molar-refractivity contribution in [1.82, 2.24) is 9.80 Å². The number of likely N-dealkylation sites (N-methyl/N-ethyl adjacent to an activating group) is 1. The van der Waals surface area contributed by atoms with E-state index in [2.05, 4.69) is 11.8 Å². The molecule has 0 saturated carbocycles. The van der Waals surface area contributed by atoms with E-state index in [-0.39, 0.29) is 23.4 Å². The third-order valence-corrected chi connectivity index (χ3v) is 6.17. The van der Waals surface area contributed by atoms with Crippen LogP contribution in [0.25, 0.3) is 5.76 Å². The zero-order valence-corrected chi connectivity index (χ0v) is 20.1. The number of unbranched alkanes of at least 4 members (excludes halogenated alkanes) is 1. The van der Waals surface area contributed by atoms with Gasteiger partial charge in [-0.3, -0.25) is 9.59 Å². The van der Waals surface area contributed by atoms with Crippen molar-refractivity contribution in [1.29, 1.82) is 0 Å². The summed E-state index contributed by atoms with van der Waals surface area (Å²) in [7, 11) is 0. The number of halogens is 1. The summed E-state index contributed by atoms with van der Waals surface area (Å²) in [6.45, 7) is 8.97. The van der Waals surface area contributed by atoms with Crippen molar-refractivity contribution < 1.29 is 23.8 Å². The Balaban J connectivity index is 2.05. The fourth-order valence-electron chi connectivity index (χ4n) is 4.14. The maximum Gasteiger partial charge on any atom is 0.295 e. The van der Waals surface area contributed by atoms with Gasteiger partial charge < -0.3 is 19.6 Å². The zero-order valence-electron chi connectivity index (χ0n) is 20.1. The molecule has 6 nitrogen and oxygen atoms in total. The molecule has 2 aromatic carbocycles. The molecule has 0 aliphatic carbocycles. The van der Waals surface area contributed by atoms with Crippen LogP contribution < -0.4 is 4.74 Å². The van der Waals surface area contributed by atoms with E-state index in [9.17, 15) is 19.1 Å². The van der Waals surface area contributed by atoms with Gasteiger partial charge in [-0.15, -0.1) is 0 Å². The summed E-state index contributed by atoms with van der Waals surface area (Å²) in [5.74, 6) is -1.88. The fourth-order valence-corrected chi connectivity index (χ4v) is 4.14. The SMILES string of the molecule is CCCCOc1cccc(C(O)=C2C(=O)C(=O)N(CCN(CC)CC)C2c2ccccc2F)c1. The summed E-state index contributed by atoms with van der Waals surface area (Å²) < 4.78 is 20.6. The summed E-state index contributed by atoms with van der Waals surface area (Å²) in [5, 5.41) is 11.2. The van der Waals surface area contributed by atoms with Crippen molar-refractivity contribution in [3.63, 3.8) is 0 Å². The molecule has 34 heavy (non-hydrogen) atoms. The molecule has 1 aliphatic heterocycles. The first-order valence-electron chi connectivity index (χ1n) is 11.9. The molecule has 1 amide bonds. The van der Waals surface area contributed by atoms with Crippen LogP contribution in [0.5, 0.6) is 5.75 Å². The van der Waals surface area contributed by atoms with E-state index in [1.807, 2.05) is 13.8 Å². The number of hydrogen-bond donors (Lipinski definition) is 1. The number of likely N-dealkylation sites (tertiary alicyclic amines) is 1. The molecule has 7 heteroatoms. The van der Waals surface area contributed by atoms with Gasteiger partial charge in [0, 0.05) is 24.2 Å². The lowest BCUT2D eigenvalue weighted by Gasteiger charge is -2.28. The van der Waals surface area contributed by atoms with Crippen LogP contribution in [0.1, 0.15) is 50.8 Å². The van der Waals surface area contributed by atoms with Gasteiger partial charge in [0.05, 0.1) is 18.2 Å². The summed E-state index contributed by atoms with van der Waals surface area (Å²) in [6.07, 6.45) is 1.88. The van der Waals surface area contributed by atoms with Crippen LogP contribution in [0.2, 0.25) is 0 Å². The molecule has 1 aliphatic rings. The van der Waals surface area contributed by atoms with Gasteiger partial charge in [0.2, 0.25) is 0 Å². The van der Waals surface area contributed by atoms with Crippen molar-refractivity contribution in [2.75, 3.05) is 32.8 Å². The highest BCUT2D eigenvalue weighted by molar-refractivity contribution is 6.46. The molecule has 0 radical (unpaired) electrons. The first kappa shape index (κ1) is 25.4. The number of amides is 1. The van der Waals surface area contributed by atoms with Crippen molar-refractivity contribution in [3.05, 3.63) is 71.0 Å². The highest BCUT2D eigenvalue weighted by atomic mass is 19.1. The number of ketones is 1. The first-order chi connectivity index (χ1) is 16.4. The summed E-state index contributed by atoms with van der Waals surface area (Å²) in [4.78, 5) is 29.7. The Morgan fingerprint density at radius 2 is 1.82 bits per heavy atom. The van der Waals surface area contributed by atoms with E-state index < -0.39 is 23.5 Å². The van der Waals surface area contributed by atoms with Gasteiger partial charge in [-0.25, -0.2) is 4.39 Å². The van der Waals surface area contributed by atoms with Gasteiger partial charge in [-0.1, -0.05) is 57.5 Å². The predicted octanol–water partition coefficient (Wildman–Crippen LogP) is 4.77. The predicted molar refractivity (Wildman–Crippen MR) is 130 cm³/mol. The van der Waals surface area contributed by atoms with E-state index in [0.717, 1.165) is 25.9 Å². The van der Waals surface area contributed by atoms with Gasteiger partial charge in [0.15, 0.2) is 0 Å². The van der Waals surface area contributed by atoms with Gasteiger partial charge >= 0.3 is 0 Å². The smallest absolute Gasteiger partial charge is 0.295 e. The lowest BCUT2D eigenvalue weighted by atomic mass is 9.95. The minimum atomic E-state index is -1.01. The summed E-state index contributed by atoms with van der Waals surface area (Å²) in [5.41, 5.74) is 0.413. The number of aliphatic hydroxyl groups excluding tert-OH is 1. The lowest BCUT2D eigenvalue weighted by molar-refractivity contribution is -0.140. The number of benzene rings is 2. The highest BCUT2D eigenvalue weighted by Crippen LogP contribution is 2.40. The molecular weight excluding hydrogens is 435 g/mol. The monoisotopic (exact) mass is 468 g/mol. The second-order valence-electron chi connectivity index (χ2n) is 8.27. The number of hydrogen-bond acceptors (Lipinski definition) is 5. The average Bonchev–Trinajstić information content (AvgIpc) is 3.09. The normalized spacial score (nSPS) is 17.6. The molecule has 2 aromatic rings. The standard InChI is InChI=1S/C27H33FN2O4/c1-4-7-17-34-20-12-10-11-19(18-20)25(31)23-24(21-13-8-9-14-22(21)28)30(27(33)26(23)32)16-15-29(5-2)6-3/h8-14,18,24,31H,4-7,15-17H2,1-3H3. The van der Waals surface area contributed by atoms with Crippen molar-refractivity contribution in [3.8, 4) is 5.75 Å². The molecule has 1 fully saturated rings. The summed E-state index contributed by atoms with van der Waals surface area (Å²) >= 11 is 0. The van der Waals surface area contributed by atoms with E-state index in [1.54, 1.807) is 42.5 Å². The lowest BCUT2D eigenvalue weighted by Crippen LogP contribution is -2.38. The molecule has 182 valence electrons. The minimum absolute atomic E-state index is 0.111. The number of nitrogens with zero attached hydrogens (tertiary/aromatic N) is 2. The maximum absolute atomic E-state index is 14.9. The quantitative estimate of drug-likeness (QED) is 0.223. The van der Waals surface area contributed by atoms with Crippen LogP contribution in [0.4, 0.5) is 4.39 Å². The van der Waals surface area contributed by atoms with Crippen LogP contribution >= 0.6 is 0 Å². The van der Waals surface area contributed by atoms with E-state index >= 15 is 0 Å². The molecule has 1 N–H and O–H groups in total. The second-order valence-corrected chi connectivity index (χ2v) is 8.27. The summed E-state index contributed by atoms with van der Waals surface area (Å²) in [6, 6.07) is 11.8. The molecule has 1 atom stereocenters. The maximum atomic E-state index is 14.9. The van der Waals surface area contributed by atoms with E-state index in [4.69, 9.17) is 4.74 Å². The Morgan fingerprint density at radius 3 is 2.50 bits per heavy atom. The zero-order chi connectivity index (χ0) is 24.7. The fraction of sp³-hybridized carbons (Fsp3) is 0.407. The number of Topliss-reactive ketones (excluding diaryl/α,β-unsaturated/α-hetero) is 1. The number of aliphatic hydroxyl groups is 1. The minimum Gasteiger partial charge on any atom is -0.507 e. The van der Waals surface area contributed by atoms with Gasteiger partial charge in [-0.2, -0.15) is 0 Å². The Hall–Kier alpha value is -3.19. The van der Waals surface area contributed by atoms with Gasteiger partial charge in [0.1, 0.15) is 17.3 Å². The third kappa shape index (κ3) is 5.47. The Labute approximate surface area is 200 Å². The van der Waals surface area contributed by atoms with Crippen molar-refractivity contribution in [2.24, 2.45) is 0 Å². The highest BCUT2D eigenvalue weighted by Gasteiger charge is 2.46. The largest absolute Gasteiger partial charge is 0.507 e. The molecular formula is C27H33FN2O4. The molecule has 0 aromatic heterocycles. The number of carbonyl (C=O) groups is 2. The Kier molecular flexibility index (Phi) is 8.82. The molecule has 1 heterocycles. The van der Waals surface area contributed by atoms with Crippen LogP contribution in [0.3, 0.4) is 0 Å². The Morgan fingerprint density at radius 1 is 1.09 bits per heavy atom. The number of carbonyl (C=O) groups excluding carboxylic acids is 2.